The molecule has 2 amide bonds. The van der Waals surface area contributed by atoms with Gasteiger partial charge in [0, 0.05) is 13.1 Å². The Labute approximate surface area is 161 Å². The van der Waals surface area contributed by atoms with Crippen LogP contribution in [-0.2, 0) is 16.1 Å². The molecule has 144 valence electrons. The number of hydrogen-bond donors (Lipinski definition) is 1. The molecule has 0 aromatic heterocycles. The monoisotopic (exact) mass is 368 g/mol. The minimum atomic E-state index is -1.20. The van der Waals surface area contributed by atoms with E-state index in [4.69, 9.17) is 4.74 Å². The zero-order valence-corrected chi connectivity index (χ0v) is 16.5. The Morgan fingerprint density at radius 2 is 1.63 bits per heavy atom. The summed E-state index contributed by atoms with van der Waals surface area (Å²) < 4.78 is 5.55. The van der Waals surface area contributed by atoms with Crippen LogP contribution in [0.25, 0.3) is 0 Å². The molecule has 0 aliphatic heterocycles. The summed E-state index contributed by atoms with van der Waals surface area (Å²) in [5, 5.41) is 2.85. The van der Waals surface area contributed by atoms with Crippen LogP contribution < -0.4 is 10.1 Å². The number of amides is 2. The number of para-hydroxylation sites is 2. The molecule has 1 N–H and O–H groups in total. The lowest BCUT2D eigenvalue weighted by Gasteiger charge is -2.30. The van der Waals surface area contributed by atoms with Gasteiger partial charge in [0.1, 0.15) is 11.2 Å². The van der Waals surface area contributed by atoms with Crippen LogP contribution in [0.3, 0.4) is 0 Å². The van der Waals surface area contributed by atoms with Crippen LogP contribution in [0.15, 0.2) is 54.6 Å². The Morgan fingerprint density at radius 1 is 1.00 bits per heavy atom. The second-order valence-corrected chi connectivity index (χ2v) is 6.81. The lowest BCUT2D eigenvalue weighted by atomic mass is 9.89. The molecule has 0 unspecified atom stereocenters. The predicted molar refractivity (Wildman–Crippen MR) is 108 cm³/mol. The van der Waals surface area contributed by atoms with E-state index in [1.165, 1.54) is 0 Å². The highest BCUT2D eigenvalue weighted by Crippen LogP contribution is 2.28. The number of anilines is 1. The number of ether oxygens (including phenoxy) is 1. The third kappa shape index (κ3) is 5.09. The van der Waals surface area contributed by atoms with E-state index in [2.05, 4.69) is 5.32 Å². The van der Waals surface area contributed by atoms with Crippen molar-refractivity contribution in [3.05, 3.63) is 60.2 Å². The number of nitrogens with one attached hydrogen (secondary N) is 1. The van der Waals surface area contributed by atoms with E-state index in [1.807, 2.05) is 56.3 Å². The molecule has 0 saturated carbocycles. The Hall–Kier alpha value is -2.82. The van der Waals surface area contributed by atoms with E-state index in [-0.39, 0.29) is 11.8 Å². The molecule has 2 aromatic rings. The first kappa shape index (κ1) is 20.5. The molecule has 2 rings (SSSR count). The minimum Gasteiger partial charge on any atom is -0.492 e. The summed E-state index contributed by atoms with van der Waals surface area (Å²) >= 11 is 0. The number of benzene rings is 2. The second-order valence-electron chi connectivity index (χ2n) is 6.81. The van der Waals surface area contributed by atoms with Crippen molar-refractivity contribution in [3.63, 3.8) is 0 Å². The summed E-state index contributed by atoms with van der Waals surface area (Å²) in [6.07, 6.45) is 0. The number of carbonyl (C=O) groups excluding carboxylic acids is 2. The normalized spacial score (nSPS) is 11.0. The van der Waals surface area contributed by atoms with Crippen molar-refractivity contribution >= 4 is 17.5 Å². The summed E-state index contributed by atoms with van der Waals surface area (Å²) in [4.78, 5) is 27.7. The molecular weight excluding hydrogens is 340 g/mol. The van der Waals surface area contributed by atoms with Crippen molar-refractivity contribution in [2.45, 2.75) is 34.2 Å². The van der Waals surface area contributed by atoms with Gasteiger partial charge < -0.3 is 15.0 Å². The number of carbonyl (C=O) groups is 2. The van der Waals surface area contributed by atoms with Crippen LogP contribution >= 0.6 is 0 Å². The molecule has 0 bridgehead atoms. The fraction of sp³-hybridized carbons (Fsp3) is 0.364. The third-order valence-electron chi connectivity index (χ3n) is 4.42. The van der Waals surface area contributed by atoms with Gasteiger partial charge in [-0.1, -0.05) is 42.5 Å². The van der Waals surface area contributed by atoms with Crippen molar-refractivity contribution < 1.29 is 14.3 Å². The average Bonchev–Trinajstić information content (AvgIpc) is 2.68. The van der Waals surface area contributed by atoms with E-state index < -0.39 is 5.41 Å². The second kappa shape index (κ2) is 9.21. The van der Waals surface area contributed by atoms with Crippen molar-refractivity contribution in [3.8, 4) is 5.75 Å². The first-order chi connectivity index (χ1) is 12.9. The fourth-order valence-corrected chi connectivity index (χ4v) is 2.75. The third-order valence-corrected chi connectivity index (χ3v) is 4.42. The Balaban J connectivity index is 2.15. The molecule has 27 heavy (non-hydrogen) atoms. The topological polar surface area (TPSA) is 58.6 Å². The molecule has 0 heterocycles. The standard InChI is InChI=1S/C22H28N2O3/c1-5-24(16-17-12-8-7-9-13-17)21(26)22(3,4)20(25)23-18-14-10-11-15-19(18)27-6-2/h7-15H,5-6,16H2,1-4H3,(H,23,25). The maximum atomic E-state index is 13.1. The largest absolute Gasteiger partial charge is 0.492 e. The van der Waals surface area contributed by atoms with Crippen molar-refractivity contribution in [2.24, 2.45) is 5.41 Å². The highest BCUT2D eigenvalue weighted by Gasteiger charge is 2.39. The van der Waals surface area contributed by atoms with Crippen molar-refractivity contribution in [1.29, 1.82) is 0 Å². The van der Waals surface area contributed by atoms with E-state index in [1.54, 1.807) is 30.9 Å². The van der Waals surface area contributed by atoms with Crippen LogP contribution in [-0.4, -0.2) is 29.9 Å². The molecule has 0 spiro atoms. The molecular formula is C22H28N2O3. The molecule has 0 atom stereocenters. The summed E-state index contributed by atoms with van der Waals surface area (Å²) in [6, 6.07) is 17.0. The van der Waals surface area contributed by atoms with Gasteiger partial charge in [-0.3, -0.25) is 9.59 Å². The Kier molecular flexibility index (Phi) is 6.99. The quantitative estimate of drug-likeness (QED) is 0.714. The fourth-order valence-electron chi connectivity index (χ4n) is 2.75. The van der Waals surface area contributed by atoms with Crippen LogP contribution in [0.5, 0.6) is 5.75 Å². The highest BCUT2D eigenvalue weighted by atomic mass is 16.5. The van der Waals surface area contributed by atoms with Crippen molar-refractivity contribution in [2.75, 3.05) is 18.5 Å². The predicted octanol–water partition coefficient (Wildman–Crippen LogP) is 4.10. The molecule has 0 radical (unpaired) electrons. The van der Waals surface area contributed by atoms with E-state index in [0.29, 0.717) is 31.1 Å². The average molecular weight is 368 g/mol. The number of nitrogens with zero attached hydrogens (tertiary/aromatic N) is 1. The van der Waals surface area contributed by atoms with E-state index >= 15 is 0 Å². The smallest absolute Gasteiger partial charge is 0.239 e. The molecule has 0 aliphatic carbocycles. The van der Waals surface area contributed by atoms with Gasteiger partial charge in [-0.2, -0.15) is 0 Å². The Bertz CT molecular complexity index is 772. The highest BCUT2D eigenvalue weighted by molar-refractivity contribution is 6.10. The van der Waals surface area contributed by atoms with Gasteiger partial charge in [0.15, 0.2) is 0 Å². The molecule has 0 aliphatic rings. The van der Waals surface area contributed by atoms with Crippen molar-refractivity contribution in [1.82, 2.24) is 4.90 Å². The van der Waals surface area contributed by atoms with Gasteiger partial charge in [0.25, 0.3) is 0 Å². The molecule has 5 nitrogen and oxygen atoms in total. The molecule has 0 fully saturated rings. The van der Waals surface area contributed by atoms with Gasteiger partial charge in [-0.15, -0.1) is 0 Å². The maximum absolute atomic E-state index is 13.1. The van der Waals surface area contributed by atoms with Gasteiger partial charge in [-0.25, -0.2) is 0 Å². The lowest BCUT2D eigenvalue weighted by molar-refractivity contribution is -0.146. The summed E-state index contributed by atoms with van der Waals surface area (Å²) in [5.74, 6) is 0.0274. The first-order valence-corrected chi connectivity index (χ1v) is 9.26. The van der Waals surface area contributed by atoms with E-state index in [0.717, 1.165) is 5.56 Å². The molecule has 0 saturated heterocycles. The zero-order valence-electron chi connectivity index (χ0n) is 16.5. The van der Waals surface area contributed by atoms with Crippen LogP contribution in [0, 0.1) is 5.41 Å². The van der Waals surface area contributed by atoms with E-state index in [9.17, 15) is 9.59 Å². The SMILES string of the molecule is CCOc1ccccc1NC(=O)C(C)(C)C(=O)N(CC)Cc1ccccc1. The first-order valence-electron chi connectivity index (χ1n) is 9.26. The lowest BCUT2D eigenvalue weighted by Crippen LogP contribution is -2.47. The molecule has 2 aromatic carbocycles. The summed E-state index contributed by atoms with van der Waals surface area (Å²) in [5.41, 5.74) is 0.395. The summed E-state index contributed by atoms with van der Waals surface area (Å²) in [7, 11) is 0. The van der Waals surface area contributed by atoms with Gasteiger partial charge in [0.05, 0.1) is 12.3 Å². The maximum Gasteiger partial charge on any atom is 0.239 e. The molecule has 5 heteroatoms. The van der Waals surface area contributed by atoms with Crippen LogP contribution in [0.1, 0.15) is 33.3 Å². The van der Waals surface area contributed by atoms with Gasteiger partial charge >= 0.3 is 0 Å². The van der Waals surface area contributed by atoms with Crippen LogP contribution in [0.4, 0.5) is 5.69 Å². The van der Waals surface area contributed by atoms with Crippen LogP contribution in [0.2, 0.25) is 0 Å². The zero-order chi connectivity index (χ0) is 19.9. The minimum absolute atomic E-state index is 0.208. The van der Waals surface area contributed by atoms with Gasteiger partial charge in [0.2, 0.25) is 11.8 Å². The Morgan fingerprint density at radius 3 is 2.26 bits per heavy atom. The number of rotatable bonds is 8. The summed E-state index contributed by atoms with van der Waals surface area (Å²) in [6.45, 7) is 8.61. The van der Waals surface area contributed by atoms with Gasteiger partial charge in [-0.05, 0) is 45.4 Å². The number of hydrogen-bond acceptors (Lipinski definition) is 3.